The molecule has 0 aromatic heterocycles. The van der Waals surface area contributed by atoms with E-state index < -0.39 is 79.2 Å². The minimum absolute atomic E-state index is 0.677. The molecule has 0 rings (SSSR count). The van der Waals surface area contributed by atoms with E-state index >= 15 is 0 Å². The van der Waals surface area contributed by atoms with Gasteiger partial charge in [0.05, 0.1) is 0 Å². The van der Waals surface area contributed by atoms with Crippen LogP contribution in [-0.2, 0) is 13.6 Å². The molecule has 0 aliphatic carbocycles. The molecule has 0 aromatic rings. The first kappa shape index (κ1) is 27.5. The fourth-order valence-corrected chi connectivity index (χ4v) is 8.18. The largest absolute Gasteiger partial charge is 0.523 e. The van der Waals surface area contributed by atoms with Crippen molar-refractivity contribution in [2.45, 2.75) is 36.4 Å². The predicted molar refractivity (Wildman–Crippen MR) is 91.8 cm³/mol. The number of hydrogen-bond donors (Lipinski definition) is 12. The van der Waals surface area contributed by atoms with E-state index in [4.69, 9.17) is 37.8 Å². The van der Waals surface area contributed by atoms with Crippen LogP contribution in [0.2, 0.25) is 12.1 Å². The van der Waals surface area contributed by atoms with E-state index in [0.717, 1.165) is 0 Å². The van der Waals surface area contributed by atoms with Crippen molar-refractivity contribution in [2.75, 3.05) is 6.66 Å². The van der Waals surface area contributed by atoms with Crippen molar-refractivity contribution in [1.82, 2.24) is 0 Å². The van der Waals surface area contributed by atoms with Crippen LogP contribution >= 0.6 is 7.60 Å². The van der Waals surface area contributed by atoms with Crippen LogP contribution in [0, 0.1) is 0 Å². The van der Waals surface area contributed by atoms with Crippen molar-refractivity contribution in [2.24, 2.45) is 0 Å². The average Bonchev–Trinajstić information content (AvgIpc) is 2.34. The summed E-state index contributed by atoms with van der Waals surface area (Å²) in [5, 5.41) is 0. The van der Waals surface area contributed by atoms with E-state index in [1.165, 1.54) is 0 Å². The molecule has 0 saturated carbocycles. The van der Waals surface area contributed by atoms with Crippen LogP contribution in [0.25, 0.3) is 0 Å². The van der Waals surface area contributed by atoms with Crippen molar-refractivity contribution in [3.05, 3.63) is 0 Å². The van der Waals surface area contributed by atoms with Crippen molar-refractivity contribution < 1.29 is 71.2 Å². The predicted octanol–water partition coefficient (Wildman–Crippen LogP) is -5.90. The molecule has 0 saturated heterocycles. The highest BCUT2D eigenvalue weighted by Gasteiger charge is 2.49. The zero-order valence-corrected chi connectivity index (χ0v) is 18.9. The normalized spacial score (nSPS) is 18.9. The molecule has 0 aliphatic rings. The van der Waals surface area contributed by atoms with Crippen molar-refractivity contribution in [1.29, 1.82) is 0 Å². The Kier molecular flexibility index (Phi) is 9.76. The maximum atomic E-state index is 12.4. The van der Waals surface area contributed by atoms with Gasteiger partial charge in [0.2, 0.25) is 0 Å². The minimum atomic E-state index is -5.22. The molecule has 27 heavy (non-hydrogen) atoms. The quantitative estimate of drug-likeness (QED) is 0.0892. The fourth-order valence-electron chi connectivity index (χ4n) is 1.77. The summed E-state index contributed by atoms with van der Waals surface area (Å²) in [6.07, 6.45) is -1.56. The molecule has 20 heteroatoms. The minimum Gasteiger partial charge on any atom is -0.390 e. The van der Waals surface area contributed by atoms with Crippen LogP contribution in [0.1, 0.15) is 12.8 Å². The molecule has 0 amide bonds. The van der Waals surface area contributed by atoms with Gasteiger partial charge in [-0.25, -0.2) is 0 Å². The van der Waals surface area contributed by atoms with E-state index in [0.29, 0.717) is 6.66 Å². The second-order valence-electron chi connectivity index (χ2n) is 5.96. The molecule has 0 bridgehead atoms. The summed E-state index contributed by atoms with van der Waals surface area (Å²) in [7, 11) is -24.3. The summed E-state index contributed by atoms with van der Waals surface area (Å²) < 4.78 is 21.8. The topological polar surface area (TPSA) is 278 Å². The van der Waals surface area contributed by atoms with E-state index in [-0.39, 0.29) is 0 Å². The highest BCUT2D eigenvalue weighted by atomic mass is 31.2. The van der Waals surface area contributed by atoms with Crippen LogP contribution in [0.15, 0.2) is 0 Å². The highest BCUT2D eigenvalue weighted by Crippen LogP contribution is 2.49. The van der Waals surface area contributed by atoms with E-state index in [9.17, 15) is 33.3 Å². The van der Waals surface area contributed by atoms with Crippen LogP contribution in [-0.4, -0.2) is 111 Å². The van der Waals surface area contributed by atoms with Crippen LogP contribution in [0.5, 0.6) is 0 Å². The summed E-state index contributed by atoms with van der Waals surface area (Å²) >= 11 is 0. The lowest BCUT2D eigenvalue weighted by atomic mass is 10.5. The Bertz CT molecular complexity index is 464. The summed E-state index contributed by atoms with van der Waals surface area (Å²) in [6, 6.07) is -1.69. The van der Waals surface area contributed by atoms with Gasteiger partial charge in [-0.15, -0.1) is 0 Å². The molecule has 2 atom stereocenters. The van der Waals surface area contributed by atoms with Crippen LogP contribution in [0.4, 0.5) is 0 Å². The molecule has 0 aliphatic heterocycles. The Labute approximate surface area is 157 Å². The zero-order valence-electron chi connectivity index (χ0n) is 14.0. The summed E-state index contributed by atoms with van der Waals surface area (Å²) in [5.74, 6) is 0. The average molecular weight is 493 g/mol. The smallest absolute Gasteiger partial charge is 0.390 e. The lowest BCUT2D eigenvalue weighted by Gasteiger charge is -2.30. The van der Waals surface area contributed by atoms with Crippen molar-refractivity contribution in [3.8, 4) is 0 Å². The molecule has 0 heterocycles. The molecule has 2 unspecified atom stereocenters. The molecular weight excluding hydrogens is 467 g/mol. The lowest BCUT2D eigenvalue weighted by molar-refractivity contribution is 0.0788. The third kappa shape index (κ3) is 13.4. The van der Waals surface area contributed by atoms with Gasteiger partial charge in [-0.1, -0.05) is 0 Å². The van der Waals surface area contributed by atoms with Crippen LogP contribution in [0.3, 0.4) is 0 Å². The molecule has 0 fully saturated rings. The summed E-state index contributed by atoms with van der Waals surface area (Å²) in [6.45, 7) is 0.677. The third-order valence-corrected chi connectivity index (χ3v) is 9.12. The van der Waals surface area contributed by atoms with Crippen LogP contribution < -0.4 is 0 Å². The Morgan fingerprint density at radius 1 is 0.667 bits per heavy atom. The van der Waals surface area contributed by atoms with Gasteiger partial charge < -0.3 is 66.6 Å². The van der Waals surface area contributed by atoms with Gasteiger partial charge in [0.1, 0.15) is 11.5 Å². The molecule has 0 radical (unpaired) electrons. The second kappa shape index (κ2) is 9.56. The Morgan fingerprint density at radius 3 is 1.11 bits per heavy atom. The SMILES string of the molecule is CP(=O)(OC(CC[Si](O)(O)O)[Si](O)(O)O)OC(CC[Si](O)(O)O)[Si](O)(O)O. The number of rotatable bonds is 12. The van der Waals surface area contributed by atoms with Gasteiger partial charge in [0.15, 0.2) is 0 Å². The van der Waals surface area contributed by atoms with Gasteiger partial charge in [-0.3, -0.25) is 4.57 Å². The van der Waals surface area contributed by atoms with Gasteiger partial charge in [-0.05, 0) is 12.8 Å². The lowest BCUT2D eigenvalue weighted by Crippen LogP contribution is -2.52. The maximum absolute atomic E-state index is 12.4. The Morgan fingerprint density at radius 2 is 0.926 bits per heavy atom. The molecule has 164 valence electrons. The van der Waals surface area contributed by atoms with Gasteiger partial charge >= 0.3 is 42.8 Å². The second-order valence-corrected chi connectivity index (χ2v) is 16.1. The first-order valence-corrected chi connectivity index (χ1v) is 17.2. The first-order chi connectivity index (χ1) is 11.6. The zero-order chi connectivity index (χ0) is 21.9. The van der Waals surface area contributed by atoms with E-state index in [1.54, 1.807) is 0 Å². The van der Waals surface area contributed by atoms with E-state index in [1.807, 2.05) is 0 Å². The summed E-state index contributed by atoms with van der Waals surface area (Å²) in [5.41, 5.74) is -4.19. The third-order valence-electron chi connectivity index (χ3n) is 2.99. The first-order valence-electron chi connectivity index (χ1n) is 7.25. The van der Waals surface area contributed by atoms with Crippen molar-refractivity contribution >= 4 is 42.8 Å². The molecule has 12 N–H and O–H groups in total. The summed E-state index contributed by atoms with van der Waals surface area (Å²) in [4.78, 5) is 110. The molecule has 15 nitrogen and oxygen atoms in total. The molecular formula is C7H25O15PSi4. The monoisotopic (exact) mass is 492 g/mol. The van der Waals surface area contributed by atoms with Gasteiger partial charge in [0.25, 0.3) is 0 Å². The van der Waals surface area contributed by atoms with Gasteiger partial charge in [0, 0.05) is 18.8 Å². The molecule has 0 aromatic carbocycles. The van der Waals surface area contributed by atoms with E-state index in [2.05, 4.69) is 0 Å². The number of hydrogen-bond acceptors (Lipinski definition) is 15. The Balaban J connectivity index is 5.26. The highest BCUT2D eigenvalue weighted by molar-refractivity contribution is 7.53. The fraction of sp³-hybridized carbons (Fsp3) is 1.00. The Hall–Kier alpha value is 0.538. The van der Waals surface area contributed by atoms with Gasteiger partial charge in [-0.2, -0.15) is 0 Å². The molecule has 0 spiro atoms. The maximum Gasteiger partial charge on any atom is 0.523 e. The van der Waals surface area contributed by atoms with Crippen molar-refractivity contribution in [3.63, 3.8) is 0 Å². The standard InChI is InChI=1S/C7H25O15PSi4/c1-23(8,21-6(26(15,16)17)2-4-24(9,10)11)22-7(27(18,19)20)3-5-25(12,13)14/h6-7,9-20H,2-5H2,1H3.